The summed E-state index contributed by atoms with van der Waals surface area (Å²) in [5, 5.41) is 3.09. The zero-order valence-corrected chi connectivity index (χ0v) is 16.6. The van der Waals surface area contributed by atoms with E-state index in [1.807, 2.05) is 0 Å². The average Bonchev–Trinajstić information content (AvgIpc) is 2.83. The van der Waals surface area contributed by atoms with Gasteiger partial charge in [-0.05, 0) is 51.6 Å². The van der Waals surface area contributed by atoms with Gasteiger partial charge in [0, 0.05) is 6.54 Å². The number of ether oxygens (including phenoxy) is 1. The van der Waals surface area contributed by atoms with Gasteiger partial charge in [0.25, 0.3) is 5.91 Å². The van der Waals surface area contributed by atoms with E-state index in [4.69, 9.17) is 10.5 Å². The van der Waals surface area contributed by atoms with E-state index in [0.29, 0.717) is 16.5 Å². The predicted molar refractivity (Wildman–Crippen MR) is 102 cm³/mol. The number of carbonyl (C=O) groups is 3. The first-order chi connectivity index (χ1) is 12.2. The molecule has 26 heavy (non-hydrogen) atoms. The van der Waals surface area contributed by atoms with Crippen molar-refractivity contribution in [3.8, 4) is 0 Å². The molecule has 3 N–H and O–H groups in total. The summed E-state index contributed by atoms with van der Waals surface area (Å²) >= 11 is 1.01. The molecule has 8 heteroatoms. The number of primary amides is 1. The van der Waals surface area contributed by atoms with E-state index >= 15 is 0 Å². The summed E-state index contributed by atoms with van der Waals surface area (Å²) in [5.74, 6) is -0.840. The van der Waals surface area contributed by atoms with Crippen molar-refractivity contribution in [2.24, 2.45) is 11.7 Å². The third-order valence-corrected chi connectivity index (χ3v) is 5.50. The normalized spacial score (nSPS) is 18.0. The van der Waals surface area contributed by atoms with Gasteiger partial charge in [0.1, 0.15) is 5.00 Å². The van der Waals surface area contributed by atoms with Gasteiger partial charge in [-0.3, -0.25) is 14.5 Å². The smallest absolute Gasteiger partial charge is 0.341 e. The standard InChI is InChI=1S/C18H27N3O4S/c1-10(2)25-18(24)14-12(4)15(16(19)23)26-17(14)20-13(22)9-21-7-5-6-11(3)8-21/h10-11H,5-9H2,1-4H3,(H2,19,23)(H,20,22)/t11-/m1/s1. The number of nitrogens with two attached hydrogens (primary N) is 1. The maximum atomic E-state index is 12.5. The molecular weight excluding hydrogens is 354 g/mol. The summed E-state index contributed by atoms with van der Waals surface area (Å²) in [7, 11) is 0. The number of amides is 2. The van der Waals surface area contributed by atoms with Crippen molar-refractivity contribution in [2.75, 3.05) is 25.0 Å². The van der Waals surface area contributed by atoms with Crippen LogP contribution >= 0.6 is 11.3 Å². The number of nitrogens with one attached hydrogen (secondary N) is 1. The van der Waals surface area contributed by atoms with Gasteiger partial charge >= 0.3 is 5.97 Å². The number of thiophene rings is 1. The molecule has 1 aromatic heterocycles. The molecule has 0 aliphatic carbocycles. The van der Waals surface area contributed by atoms with Crippen LogP contribution in [0.25, 0.3) is 0 Å². The van der Waals surface area contributed by atoms with Gasteiger partial charge in [0.2, 0.25) is 5.91 Å². The maximum Gasteiger partial charge on any atom is 0.341 e. The Bertz CT molecular complexity index is 699. The number of likely N-dealkylation sites (tertiary alicyclic amines) is 1. The molecule has 144 valence electrons. The maximum absolute atomic E-state index is 12.5. The Morgan fingerprint density at radius 1 is 1.38 bits per heavy atom. The summed E-state index contributed by atoms with van der Waals surface area (Å²) in [5.41, 5.74) is 6.04. The Labute approximate surface area is 157 Å². The van der Waals surface area contributed by atoms with Crippen LogP contribution in [0.4, 0.5) is 5.00 Å². The van der Waals surface area contributed by atoms with Crippen molar-refractivity contribution in [1.29, 1.82) is 0 Å². The lowest BCUT2D eigenvalue weighted by Crippen LogP contribution is -2.39. The second-order valence-electron chi connectivity index (χ2n) is 7.11. The van der Waals surface area contributed by atoms with Crippen LogP contribution in [-0.4, -0.2) is 48.4 Å². The van der Waals surface area contributed by atoms with Gasteiger partial charge in [-0.1, -0.05) is 6.92 Å². The number of anilines is 1. The minimum atomic E-state index is -0.628. The molecule has 1 saturated heterocycles. The summed E-state index contributed by atoms with van der Waals surface area (Å²) < 4.78 is 5.25. The predicted octanol–water partition coefficient (Wildman–Crippen LogP) is 2.39. The third-order valence-electron chi connectivity index (χ3n) is 4.28. The molecule has 2 heterocycles. The fourth-order valence-electron chi connectivity index (χ4n) is 3.15. The summed E-state index contributed by atoms with van der Waals surface area (Å²) in [6.07, 6.45) is 1.94. The van der Waals surface area contributed by atoms with E-state index in [1.54, 1.807) is 20.8 Å². The van der Waals surface area contributed by atoms with Crippen molar-refractivity contribution in [3.63, 3.8) is 0 Å². The first-order valence-electron chi connectivity index (χ1n) is 8.85. The first kappa shape index (κ1) is 20.4. The van der Waals surface area contributed by atoms with Crippen molar-refractivity contribution in [2.45, 2.75) is 46.6 Å². The topological polar surface area (TPSA) is 102 Å². The highest BCUT2D eigenvalue weighted by Gasteiger charge is 2.27. The van der Waals surface area contributed by atoms with Gasteiger partial charge in [-0.2, -0.15) is 0 Å². The van der Waals surface area contributed by atoms with Crippen LogP contribution in [0.2, 0.25) is 0 Å². The molecule has 1 aliphatic rings. The zero-order chi connectivity index (χ0) is 19.4. The minimum Gasteiger partial charge on any atom is -0.459 e. The van der Waals surface area contributed by atoms with Crippen molar-refractivity contribution < 1.29 is 19.1 Å². The van der Waals surface area contributed by atoms with Crippen LogP contribution in [0.1, 0.15) is 59.2 Å². The highest BCUT2D eigenvalue weighted by Crippen LogP contribution is 2.33. The molecule has 0 saturated carbocycles. The molecular formula is C18H27N3O4S. The molecule has 1 fully saturated rings. The van der Waals surface area contributed by atoms with E-state index in [2.05, 4.69) is 17.1 Å². The van der Waals surface area contributed by atoms with Crippen molar-refractivity contribution in [3.05, 3.63) is 16.0 Å². The van der Waals surface area contributed by atoms with Crippen LogP contribution in [0.3, 0.4) is 0 Å². The van der Waals surface area contributed by atoms with Crippen molar-refractivity contribution in [1.82, 2.24) is 4.90 Å². The number of esters is 1. The van der Waals surface area contributed by atoms with E-state index in [0.717, 1.165) is 30.8 Å². The molecule has 1 aliphatic heterocycles. The lowest BCUT2D eigenvalue weighted by molar-refractivity contribution is -0.117. The quantitative estimate of drug-likeness (QED) is 0.737. The summed E-state index contributed by atoms with van der Waals surface area (Å²) in [6, 6.07) is 0. The molecule has 0 aromatic carbocycles. The summed E-state index contributed by atoms with van der Waals surface area (Å²) in [6.45, 7) is 9.31. The van der Waals surface area contributed by atoms with Crippen LogP contribution in [0.5, 0.6) is 0 Å². The second-order valence-corrected chi connectivity index (χ2v) is 8.13. The Morgan fingerprint density at radius 2 is 2.08 bits per heavy atom. The SMILES string of the molecule is Cc1c(C(N)=O)sc(NC(=O)CN2CCC[C@@H](C)C2)c1C(=O)OC(C)C. The van der Waals surface area contributed by atoms with E-state index in [1.165, 1.54) is 6.42 Å². The molecule has 0 bridgehead atoms. The van der Waals surface area contributed by atoms with E-state index in [-0.39, 0.29) is 29.0 Å². The number of hydrogen-bond donors (Lipinski definition) is 2. The molecule has 0 spiro atoms. The lowest BCUT2D eigenvalue weighted by atomic mass is 10.0. The van der Waals surface area contributed by atoms with Gasteiger partial charge in [0.15, 0.2) is 0 Å². The molecule has 7 nitrogen and oxygen atoms in total. The first-order valence-corrected chi connectivity index (χ1v) is 9.67. The van der Waals surface area contributed by atoms with Gasteiger partial charge in [-0.25, -0.2) is 4.79 Å². The highest BCUT2D eigenvalue weighted by molar-refractivity contribution is 7.18. The number of nitrogens with zero attached hydrogens (tertiary/aromatic N) is 1. The minimum absolute atomic E-state index is 0.206. The Hall–Kier alpha value is -1.93. The Morgan fingerprint density at radius 3 is 2.65 bits per heavy atom. The third kappa shape index (κ3) is 5.04. The van der Waals surface area contributed by atoms with Gasteiger partial charge in [0.05, 0.1) is 23.1 Å². The Balaban J connectivity index is 2.18. The molecule has 2 amide bonds. The number of piperidine rings is 1. The fraction of sp³-hybridized carbons (Fsp3) is 0.611. The molecule has 2 rings (SSSR count). The van der Waals surface area contributed by atoms with E-state index in [9.17, 15) is 14.4 Å². The number of hydrogen-bond acceptors (Lipinski definition) is 6. The summed E-state index contributed by atoms with van der Waals surface area (Å²) in [4.78, 5) is 38.9. The highest BCUT2D eigenvalue weighted by atomic mass is 32.1. The number of carbonyl (C=O) groups excluding carboxylic acids is 3. The van der Waals surface area contributed by atoms with E-state index < -0.39 is 11.9 Å². The van der Waals surface area contributed by atoms with Crippen LogP contribution < -0.4 is 11.1 Å². The zero-order valence-electron chi connectivity index (χ0n) is 15.8. The van der Waals surface area contributed by atoms with Crippen LogP contribution in [-0.2, 0) is 9.53 Å². The number of rotatable bonds is 6. The second kappa shape index (κ2) is 8.64. The van der Waals surface area contributed by atoms with Crippen LogP contribution in [0.15, 0.2) is 0 Å². The molecule has 1 aromatic rings. The van der Waals surface area contributed by atoms with Crippen LogP contribution in [0, 0.1) is 12.8 Å². The Kier molecular flexibility index (Phi) is 6.77. The monoisotopic (exact) mass is 381 g/mol. The molecule has 1 atom stereocenters. The molecule has 0 unspecified atom stereocenters. The molecule has 0 radical (unpaired) electrons. The average molecular weight is 381 g/mol. The van der Waals surface area contributed by atoms with Crippen molar-refractivity contribution >= 4 is 34.1 Å². The fourth-order valence-corrected chi connectivity index (χ4v) is 4.22. The van der Waals surface area contributed by atoms with Gasteiger partial charge < -0.3 is 15.8 Å². The van der Waals surface area contributed by atoms with Gasteiger partial charge in [-0.15, -0.1) is 11.3 Å². The lowest BCUT2D eigenvalue weighted by Gasteiger charge is -2.30. The largest absolute Gasteiger partial charge is 0.459 e.